The zero-order valence-electron chi connectivity index (χ0n) is 8.77. The van der Waals surface area contributed by atoms with Crippen LogP contribution in [-0.2, 0) is 11.3 Å². The quantitative estimate of drug-likeness (QED) is 0.711. The summed E-state index contributed by atoms with van der Waals surface area (Å²) in [6, 6.07) is 4.15. The van der Waals surface area contributed by atoms with Crippen molar-refractivity contribution in [2.45, 2.75) is 26.6 Å². The zero-order valence-corrected chi connectivity index (χ0v) is 8.77. The maximum Gasteiger partial charge on any atom is 0.491 e. The summed E-state index contributed by atoms with van der Waals surface area (Å²) < 4.78 is 18.4. The van der Waals surface area contributed by atoms with E-state index in [1.54, 1.807) is 6.07 Å². The summed E-state index contributed by atoms with van der Waals surface area (Å²) in [6.07, 6.45) is 0.0811. The molecule has 0 aliphatic heterocycles. The lowest BCUT2D eigenvalue weighted by atomic mass is 9.79. The maximum atomic E-state index is 13.1. The van der Waals surface area contributed by atoms with Crippen LogP contribution in [0.1, 0.15) is 19.4 Å². The fourth-order valence-electron chi connectivity index (χ4n) is 1.14. The van der Waals surface area contributed by atoms with Gasteiger partial charge in [-0.15, -0.1) is 0 Å². The predicted octanol–water partition coefficient (Wildman–Crippen LogP) is 0.430. The molecule has 0 bridgehead atoms. The molecule has 0 radical (unpaired) electrons. The molecular formula is C10H14BFO3. The average Bonchev–Trinajstić information content (AvgIpc) is 2.16. The molecule has 3 nitrogen and oxygen atoms in total. The van der Waals surface area contributed by atoms with Crippen LogP contribution in [0.3, 0.4) is 0 Å². The number of halogens is 1. The van der Waals surface area contributed by atoms with Crippen LogP contribution in [0, 0.1) is 5.82 Å². The van der Waals surface area contributed by atoms with Crippen LogP contribution < -0.4 is 5.46 Å². The standard InChI is InChI=1S/C10H14BFO3/c1-7(2)15-6-8-3-4-10(12)9(5-8)11(13)14/h3-5,7,13-14H,6H2,1-2H3. The summed E-state index contributed by atoms with van der Waals surface area (Å²) in [5.74, 6) is -0.627. The Morgan fingerprint density at radius 1 is 1.40 bits per heavy atom. The Hall–Kier alpha value is -0.905. The summed E-state index contributed by atoms with van der Waals surface area (Å²) in [5, 5.41) is 17.8. The molecule has 0 saturated heterocycles. The number of ether oxygens (including phenoxy) is 1. The minimum Gasteiger partial charge on any atom is -0.423 e. The summed E-state index contributed by atoms with van der Waals surface area (Å²) in [5.41, 5.74) is 0.591. The monoisotopic (exact) mass is 212 g/mol. The Kier molecular flexibility index (Phi) is 4.26. The van der Waals surface area contributed by atoms with E-state index >= 15 is 0 Å². The molecule has 82 valence electrons. The second-order valence-corrected chi connectivity index (χ2v) is 3.59. The minimum absolute atomic E-state index is 0.0811. The van der Waals surface area contributed by atoms with Crippen LogP contribution in [0.5, 0.6) is 0 Å². The summed E-state index contributed by atoms with van der Waals surface area (Å²) >= 11 is 0. The molecule has 0 unspecified atom stereocenters. The first-order valence-electron chi connectivity index (χ1n) is 4.76. The van der Waals surface area contributed by atoms with Gasteiger partial charge in [-0.25, -0.2) is 4.39 Å². The molecule has 1 aromatic rings. The third-order valence-corrected chi connectivity index (χ3v) is 1.92. The van der Waals surface area contributed by atoms with Gasteiger partial charge in [0.15, 0.2) is 0 Å². The highest BCUT2D eigenvalue weighted by atomic mass is 19.1. The minimum atomic E-state index is -1.79. The Morgan fingerprint density at radius 3 is 2.60 bits per heavy atom. The molecule has 0 fully saturated rings. The number of hydrogen-bond acceptors (Lipinski definition) is 3. The first-order chi connectivity index (χ1) is 7.00. The molecule has 0 saturated carbocycles. The largest absolute Gasteiger partial charge is 0.491 e. The van der Waals surface area contributed by atoms with Crippen LogP contribution in [0.2, 0.25) is 0 Å². The van der Waals surface area contributed by atoms with Crippen molar-refractivity contribution in [3.05, 3.63) is 29.6 Å². The molecule has 0 aromatic heterocycles. The van der Waals surface area contributed by atoms with Crippen LogP contribution >= 0.6 is 0 Å². The van der Waals surface area contributed by atoms with Crippen LogP contribution in [-0.4, -0.2) is 23.3 Å². The molecule has 15 heavy (non-hydrogen) atoms. The third kappa shape index (κ3) is 3.62. The highest BCUT2D eigenvalue weighted by molar-refractivity contribution is 6.58. The van der Waals surface area contributed by atoms with Gasteiger partial charge >= 0.3 is 7.12 Å². The lowest BCUT2D eigenvalue weighted by Crippen LogP contribution is -2.33. The molecule has 0 aliphatic carbocycles. The van der Waals surface area contributed by atoms with Crippen LogP contribution in [0.4, 0.5) is 4.39 Å². The smallest absolute Gasteiger partial charge is 0.423 e. The molecule has 1 aromatic carbocycles. The zero-order chi connectivity index (χ0) is 11.4. The molecule has 0 spiro atoms. The van der Waals surface area contributed by atoms with E-state index in [4.69, 9.17) is 14.8 Å². The van der Waals surface area contributed by atoms with Crippen molar-refractivity contribution in [2.24, 2.45) is 0 Å². The van der Waals surface area contributed by atoms with Crippen molar-refractivity contribution in [2.75, 3.05) is 0 Å². The van der Waals surface area contributed by atoms with Gasteiger partial charge in [-0.05, 0) is 25.5 Å². The highest BCUT2D eigenvalue weighted by Gasteiger charge is 2.16. The number of rotatable bonds is 4. The molecule has 2 N–H and O–H groups in total. The van der Waals surface area contributed by atoms with Gasteiger partial charge < -0.3 is 14.8 Å². The first kappa shape index (κ1) is 12.2. The van der Waals surface area contributed by atoms with Gasteiger partial charge in [-0.3, -0.25) is 0 Å². The van der Waals surface area contributed by atoms with Gasteiger partial charge in [-0.2, -0.15) is 0 Å². The normalized spacial score (nSPS) is 10.8. The molecular weight excluding hydrogens is 198 g/mol. The van der Waals surface area contributed by atoms with Gasteiger partial charge in [-0.1, -0.05) is 12.1 Å². The Bertz CT molecular complexity index is 328. The average molecular weight is 212 g/mol. The van der Waals surface area contributed by atoms with E-state index in [1.807, 2.05) is 13.8 Å². The van der Waals surface area contributed by atoms with Gasteiger partial charge in [0.1, 0.15) is 5.82 Å². The number of benzene rings is 1. The van der Waals surface area contributed by atoms with E-state index in [0.29, 0.717) is 12.2 Å². The molecule has 0 heterocycles. The van der Waals surface area contributed by atoms with Gasteiger partial charge in [0, 0.05) is 5.46 Å². The van der Waals surface area contributed by atoms with Gasteiger partial charge in [0.05, 0.1) is 12.7 Å². The Morgan fingerprint density at radius 2 is 2.07 bits per heavy atom. The molecule has 1 rings (SSSR count). The first-order valence-corrected chi connectivity index (χ1v) is 4.76. The van der Waals surface area contributed by atoms with E-state index < -0.39 is 12.9 Å². The maximum absolute atomic E-state index is 13.1. The van der Waals surface area contributed by atoms with E-state index in [2.05, 4.69) is 0 Å². The summed E-state index contributed by atoms with van der Waals surface area (Å²) in [6.45, 7) is 4.12. The van der Waals surface area contributed by atoms with Crippen molar-refractivity contribution in [1.82, 2.24) is 0 Å². The predicted molar refractivity (Wildman–Crippen MR) is 56.2 cm³/mol. The SMILES string of the molecule is CC(C)OCc1ccc(F)c(B(O)O)c1. The lowest BCUT2D eigenvalue weighted by Gasteiger charge is -2.09. The number of hydrogen-bond donors (Lipinski definition) is 2. The van der Waals surface area contributed by atoms with E-state index in [1.165, 1.54) is 12.1 Å². The van der Waals surface area contributed by atoms with E-state index in [0.717, 1.165) is 0 Å². The molecule has 0 aliphatic rings. The summed E-state index contributed by atoms with van der Waals surface area (Å²) in [4.78, 5) is 0. The Labute approximate surface area is 88.7 Å². The van der Waals surface area contributed by atoms with Gasteiger partial charge in [0.2, 0.25) is 0 Å². The van der Waals surface area contributed by atoms with E-state index in [9.17, 15) is 4.39 Å². The lowest BCUT2D eigenvalue weighted by molar-refractivity contribution is 0.0657. The second kappa shape index (κ2) is 5.25. The van der Waals surface area contributed by atoms with Crippen LogP contribution in [0.15, 0.2) is 18.2 Å². The van der Waals surface area contributed by atoms with Gasteiger partial charge in [0.25, 0.3) is 0 Å². The molecule has 5 heteroatoms. The second-order valence-electron chi connectivity index (χ2n) is 3.59. The third-order valence-electron chi connectivity index (χ3n) is 1.92. The van der Waals surface area contributed by atoms with Crippen molar-refractivity contribution < 1.29 is 19.2 Å². The molecule has 0 amide bonds. The van der Waals surface area contributed by atoms with E-state index in [-0.39, 0.29) is 11.6 Å². The molecule has 0 atom stereocenters. The fourth-order valence-corrected chi connectivity index (χ4v) is 1.14. The van der Waals surface area contributed by atoms with Crippen LogP contribution in [0.25, 0.3) is 0 Å². The van der Waals surface area contributed by atoms with Crippen molar-refractivity contribution in [3.63, 3.8) is 0 Å². The highest BCUT2D eigenvalue weighted by Crippen LogP contribution is 2.04. The summed E-state index contributed by atoms with van der Waals surface area (Å²) in [7, 11) is -1.79. The van der Waals surface area contributed by atoms with Crippen molar-refractivity contribution in [3.8, 4) is 0 Å². The topological polar surface area (TPSA) is 49.7 Å². The van der Waals surface area contributed by atoms with Crippen molar-refractivity contribution in [1.29, 1.82) is 0 Å². The Balaban J connectivity index is 2.78. The van der Waals surface area contributed by atoms with Crippen molar-refractivity contribution >= 4 is 12.6 Å². The fraction of sp³-hybridized carbons (Fsp3) is 0.400.